The standard InChI is InChI=1S/4C3H8O2.H4O4Si/c4*1-5-3-2-4;1-5(2,3)4/h4*4H,2-3H2,1H3;1-4H. The van der Waals surface area contributed by atoms with Gasteiger partial charge in [-0.15, -0.1) is 0 Å². The van der Waals surface area contributed by atoms with Gasteiger partial charge in [-0.1, -0.05) is 0 Å². The average Bonchev–Trinajstić information content (AvgIpc) is 2.51. The van der Waals surface area contributed by atoms with Crippen LogP contribution in [0.4, 0.5) is 0 Å². The summed E-state index contributed by atoms with van der Waals surface area (Å²) >= 11 is 0. The van der Waals surface area contributed by atoms with Gasteiger partial charge in [-0.3, -0.25) is 0 Å². The lowest BCUT2D eigenvalue weighted by molar-refractivity contribution is 0.117. The normalized spacial score (nSPS) is 9.12. The molecule has 0 aromatic carbocycles. The zero-order valence-electron chi connectivity index (χ0n) is 15.4. The molecule has 25 heavy (non-hydrogen) atoms. The largest absolute Gasteiger partial charge is 0.668 e. The Morgan fingerprint density at radius 1 is 0.480 bits per heavy atom. The maximum atomic E-state index is 7.94. The highest BCUT2D eigenvalue weighted by Crippen LogP contribution is 1.67. The molecule has 0 saturated heterocycles. The molecule has 0 bridgehead atoms. The zero-order valence-corrected chi connectivity index (χ0v) is 16.4. The first-order valence-electron chi connectivity index (χ1n) is 6.95. The van der Waals surface area contributed by atoms with Crippen LogP contribution < -0.4 is 0 Å². The summed E-state index contributed by atoms with van der Waals surface area (Å²) < 4.78 is 17.8. The second-order valence-electron chi connectivity index (χ2n) is 3.47. The van der Waals surface area contributed by atoms with Gasteiger partial charge in [0.2, 0.25) is 0 Å². The Bertz CT molecular complexity index is 133. The third-order valence-electron chi connectivity index (χ3n) is 1.18. The van der Waals surface area contributed by atoms with E-state index in [9.17, 15) is 0 Å². The first-order chi connectivity index (χ1) is 11.7. The quantitative estimate of drug-likeness (QED) is 0.183. The number of hydrogen-bond donors (Lipinski definition) is 8. The monoisotopic (exact) mass is 400 g/mol. The minimum atomic E-state index is -4.61. The van der Waals surface area contributed by atoms with Crippen molar-refractivity contribution < 1.29 is 58.6 Å². The van der Waals surface area contributed by atoms with Gasteiger partial charge in [0.15, 0.2) is 0 Å². The molecule has 0 spiro atoms. The Labute approximate surface area is 149 Å². The minimum Gasteiger partial charge on any atom is -0.394 e. The van der Waals surface area contributed by atoms with Gasteiger partial charge in [-0.25, -0.2) is 0 Å². The predicted octanol–water partition coefficient (Wildman–Crippen LogP) is -4.11. The van der Waals surface area contributed by atoms with Crippen molar-refractivity contribution >= 4 is 9.05 Å². The highest BCUT2D eigenvalue weighted by Gasteiger charge is 2.22. The van der Waals surface area contributed by atoms with E-state index in [0.29, 0.717) is 26.4 Å². The fourth-order valence-corrected chi connectivity index (χ4v) is 0.365. The predicted molar refractivity (Wildman–Crippen MR) is 90.5 cm³/mol. The Morgan fingerprint density at radius 3 is 0.600 bits per heavy atom. The Kier molecular flexibility index (Phi) is 55.8. The van der Waals surface area contributed by atoms with Gasteiger partial charge >= 0.3 is 9.05 Å². The molecule has 0 atom stereocenters. The maximum absolute atomic E-state index is 7.94. The van der Waals surface area contributed by atoms with Crippen LogP contribution in [0.1, 0.15) is 0 Å². The maximum Gasteiger partial charge on any atom is 0.668 e. The molecule has 0 unspecified atom stereocenters. The van der Waals surface area contributed by atoms with Crippen LogP contribution in [0.15, 0.2) is 0 Å². The average molecular weight is 400 g/mol. The fraction of sp³-hybridized carbons (Fsp3) is 1.00. The van der Waals surface area contributed by atoms with Gasteiger partial charge in [0.25, 0.3) is 0 Å². The van der Waals surface area contributed by atoms with Crippen LogP contribution in [0.5, 0.6) is 0 Å². The molecule has 0 aliphatic rings. The van der Waals surface area contributed by atoms with Crippen molar-refractivity contribution in [2.75, 3.05) is 81.3 Å². The van der Waals surface area contributed by atoms with Gasteiger partial charge in [0.05, 0.1) is 52.9 Å². The van der Waals surface area contributed by atoms with Crippen LogP contribution in [-0.2, 0) is 18.9 Å². The molecule has 0 aromatic rings. The summed E-state index contributed by atoms with van der Waals surface area (Å²) in [7, 11) is 1.60. The van der Waals surface area contributed by atoms with Gasteiger partial charge < -0.3 is 58.6 Å². The first-order valence-corrected chi connectivity index (χ1v) is 8.74. The molecular formula is C12H36O12Si. The van der Waals surface area contributed by atoms with Crippen molar-refractivity contribution in [3.8, 4) is 0 Å². The van der Waals surface area contributed by atoms with E-state index in [2.05, 4.69) is 18.9 Å². The van der Waals surface area contributed by atoms with E-state index >= 15 is 0 Å². The van der Waals surface area contributed by atoms with Crippen molar-refractivity contribution in [1.29, 1.82) is 0 Å². The third-order valence-corrected chi connectivity index (χ3v) is 1.18. The first kappa shape index (κ1) is 35.8. The molecule has 13 heteroatoms. The van der Waals surface area contributed by atoms with Crippen molar-refractivity contribution in [1.82, 2.24) is 0 Å². The minimum absolute atomic E-state index is 0.122. The van der Waals surface area contributed by atoms with E-state index < -0.39 is 9.05 Å². The molecule has 0 aromatic heterocycles. The lowest BCUT2D eigenvalue weighted by Crippen LogP contribution is -2.33. The molecule has 12 nitrogen and oxygen atoms in total. The number of methoxy groups -OCH3 is 4. The van der Waals surface area contributed by atoms with Gasteiger partial charge in [0, 0.05) is 28.4 Å². The van der Waals surface area contributed by atoms with Gasteiger partial charge in [0.1, 0.15) is 0 Å². The van der Waals surface area contributed by atoms with Crippen LogP contribution >= 0.6 is 0 Å². The Morgan fingerprint density at radius 2 is 0.600 bits per heavy atom. The highest BCUT2D eigenvalue weighted by molar-refractivity contribution is 6.46. The van der Waals surface area contributed by atoms with Crippen LogP contribution in [0.3, 0.4) is 0 Å². The van der Waals surface area contributed by atoms with E-state index in [1.807, 2.05) is 0 Å². The molecular weight excluding hydrogens is 364 g/mol. The number of rotatable bonds is 8. The third kappa shape index (κ3) is 187. The fourth-order valence-electron chi connectivity index (χ4n) is 0.365. The molecule has 0 aliphatic heterocycles. The lowest BCUT2D eigenvalue weighted by Gasteiger charge is -1.91. The summed E-state index contributed by atoms with van der Waals surface area (Å²) in [5.74, 6) is 0. The molecule has 0 saturated carbocycles. The zero-order chi connectivity index (χ0) is 21.0. The van der Waals surface area contributed by atoms with Crippen LogP contribution in [0.25, 0.3) is 0 Å². The van der Waals surface area contributed by atoms with Crippen LogP contribution in [0, 0.1) is 0 Å². The number of aliphatic hydroxyl groups excluding tert-OH is 4. The second kappa shape index (κ2) is 39.0. The molecule has 0 heterocycles. The van der Waals surface area contributed by atoms with Crippen LogP contribution in [-0.4, -0.2) is 130 Å². The Hall–Kier alpha value is -0.263. The van der Waals surface area contributed by atoms with Gasteiger partial charge in [-0.05, 0) is 0 Å². The van der Waals surface area contributed by atoms with Crippen LogP contribution in [0.2, 0.25) is 0 Å². The van der Waals surface area contributed by atoms with E-state index in [1.165, 1.54) is 0 Å². The van der Waals surface area contributed by atoms with Gasteiger partial charge in [-0.2, -0.15) is 0 Å². The van der Waals surface area contributed by atoms with Crippen molar-refractivity contribution in [3.05, 3.63) is 0 Å². The summed E-state index contributed by atoms with van der Waals surface area (Å²) in [6, 6.07) is 0. The molecule has 0 fully saturated rings. The number of hydrogen-bond acceptors (Lipinski definition) is 12. The molecule has 0 radical (unpaired) electrons. The smallest absolute Gasteiger partial charge is 0.394 e. The molecule has 8 N–H and O–H groups in total. The van der Waals surface area contributed by atoms with E-state index in [-0.39, 0.29) is 26.4 Å². The van der Waals surface area contributed by atoms with E-state index in [4.69, 9.17) is 39.6 Å². The topological polar surface area (TPSA) is 199 Å². The van der Waals surface area contributed by atoms with E-state index in [1.54, 1.807) is 28.4 Å². The second-order valence-corrected chi connectivity index (χ2v) is 4.67. The summed E-state index contributed by atoms with van der Waals surface area (Å²) in [6.07, 6.45) is 0. The molecule has 0 rings (SSSR count). The summed E-state index contributed by atoms with van der Waals surface area (Å²) in [5.41, 5.74) is 0. The number of ether oxygens (including phenoxy) is 4. The Balaban J connectivity index is -0.0000000667. The highest BCUT2D eigenvalue weighted by atomic mass is 28.4. The lowest BCUT2D eigenvalue weighted by atomic mass is 10.8. The van der Waals surface area contributed by atoms with Crippen molar-refractivity contribution in [3.63, 3.8) is 0 Å². The molecule has 160 valence electrons. The van der Waals surface area contributed by atoms with Crippen molar-refractivity contribution in [2.45, 2.75) is 0 Å². The summed E-state index contributed by atoms with van der Waals surface area (Å²) in [6.45, 7) is 2.26. The number of aliphatic hydroxyl groups is 4. The van der Waals surface area contributed by atoms with Crippen molar-refractivity contribution in [2.24, 2.45) is 0 Å². The molecule has 0 amide bonds. The molecule has 0 aliphatic carbocycles. The summed E-state index contributed by atoms with van der Waals surface area (Å²) in [4.78, 5) is 29.3. The SMILES string of the molecule is COCCO.COCCO.COCCO.COCCO.O[Si](O)(O)O. The summed E-state index contributed by atoms with van der Waals surface area (Å²) in [5, 5.41) is 31.8. The van der Waals surface area contributed by atoms with E-state index in [0.717, 1.165) is 0 Å².